The SMILES string of the molecule is NS(=O)(=O)c1cc(C(=O)NCC(F)(F)F)n(CC(F)F)c1. The molecule has 0 fully saturated rings. The van der Waals surface area contributed by atoms with Gasteiger partial charge in [-0.3, -0.25) is 4.79 Å². The molecule has 1 aromatic heterocycles. The lowest BCUT2D eigenvalue weighted by Crippen LogP contribution is -2.35. The van der Waals surface area contributed by atoms with Crippen LogP contribution in [-0.2, 0) is 16.6 Å². The molecule has 3 N–H and O–H groups in total. The van der Waals surface area contributed by atoms with Crippen molar-refractivity contribution in [2.24, 2.45) is 5.14 Å². The molecule has 12 heteroatoms. The molecule has 0 spiro atoms. The Bertz CT molecular complexity index is 623. The van der Waals surface area contributed by atoms with Crippen molar-refractivity contribution in [1.29, 1.82) is 0 Å². The van der Waals surface area contributed by atoms with Gasteiger partial charge in [-0.25, -0.2) is 22.3 Å². The molecule has 6 nitrogen and oxygen atoms in total. The van der Waals surface area contributed by atoms with E-state index in [4.69, 9.17) is 5.14 Å². The fourth-order valence-corrected chi connectivity index (χ4v) is 1.95. The van der Waals surface area contributed by atoms with E-state index in [-0.39, 0.29) is 0 Å². The van der Waals surface area contributed by atoms with E-state index in [1.807, 2.05) is 0 Å². The van der Waals surface area contributed by atoms with Crippen LogP contribution in [0.1, 0.15) is 10.5 Å². The summed E-state index contributed by atoms with van der Waals surface area (Å²) in [5, 5.41) is 6.22. The van der Waals surface area contributed by atoms with Crippen LogP contribution in [0.15, 0.2) is 17.2 Å². The molecule has 0 saturated heterocycles. The van der Waals surface area contributed by atoms with Gasteiger partial charge in [0.15, 0.2) is 0 Å². The number of alkyl halides is 5. The van der Waals surface area contributed by atoms with Crippen LogP contribution in [0.3, 0.4) is 0 Å². The molecule has 0 radical (unpaired) electrons. The van der Waals surface area contributed by atoms with E-state index in [0.717, 1.165) is 0 Å². The molecule has 0 atom stereocenters. The van der Waals surface area contributed by atoms with Gasteiger partial charge in [0.25, 0.3) is 12.3 Å². The standard InChI is InChI=1S/C9H10F5N3O3S/c10-7(11)3-17-2-5(21(15,19)20)1-6(17)8(18)16-4-9(12,13)14/h1-2,7H,3-4H2,(H,16,18)(H2,15,19,20). The van der Waals surface area contributed by atoms with E-state index in [2.05, 4.69) is 0 Å². The quantitative estimate of drug-likeness (QED) is 0.775. The van der Waals surface area contributed by atoms with Crippen molar-refractivity contribution in [3.63, 3.8) is 0 Å². The third-order valence-corrected chi connectivity index (χ3v) is 3.10. The minimum absolute atomic E-state index is 0.524. The average Bonchev–Trinajstić information content (AvgIpc) is 2.67. The Kier molecular flexibility index (Phi) is 4.94. The smallest absolute Gasteiger partial charge is 0.342 e. The molecule has 1 heterocycles. The van der Waals surface area contributed by atoms with Crippen molar-refractivity contribution < 1.29 is 35.2 Å². The van der Waals surface area contributed by atoms with Crippen LogP contribution in [0.4, 0.5) is 22.0 Å². The number of aromatic nitrogens is 1. The number of nitrogens with one attached hydrogen (secondary N) is 1. The van der Waals surface area contributed by atoms with E-state index in [1.54, 1.807) is 0 Å². The molecule has 0 saturated carbocycles. The van der Waals surface area contributed by atoms with E-state index < -0.39 is 52.2 Å². The molecule has 0 aliphatic rings. The Hall–Kier alpha value is -1.69. The topological polar surface area (TPSA) is 94.2 Å². The van der Waals surface area contributed by atoms with E-state index >= 15 is 0 Å². The first-order valence-electron chi connectivity index (χ1n) is 5.26. The summed E-state index contributed by atoms with van der Waals surface area (Å²) in [5.41, 5.74) is -0.663. The van der Waals surface area contributed by atoms with Gasteiger partial charge in [-0.2, -0.15) is 13.2 Å². The zero-order chi connectivity index (χ0) is 16.4. The molecule has 0 unspecified atom stereocenters. The van der Waals surface area contributed by atoms with Crippen LogP contribution in [-0.4, -0.2) is 38.0 Å². The maximum absolute atomic E-state index is 12.3. The van der Waals surface area contributed by atoms with Crippen LogP contribution < -0.4 is 10.5 Å². The van der Waals surface area contributed by atoms with Gasteiger partial charge in [0.1, 0.15) is 17.1 Å². The largest absolute Gasteiger partial charge is 0.405 e. The number of sulfonamides is 1. The van der Waals surface area contributed by atoms with Crippen molar-refractivity contribution in [3.05, 3.63) is 18.0 Å². The van der Waals surface area contributed by atoms with Crippen molar-refractivity contribution in [2.45, 2.75) is 24.0 Å². The first-order chi connectivity index (χ1) is 9.40. The number of hydrogen-bond acceptors (Lipinski definition) is 3. The van der Waals surface area contributed by atoms with Gasteiger partial charge in [0.2, 0.25) is 10.0 Å². The number of nitrogens with zero attached hydrogens (tertiary/aromatic N) is 1. The summed E-state index contributed by atoms with van der Waals surface area (Å²) >= 11 is 0. The minimum Gasteiger partial charge on any atom is -0.342 e. The minimum atomic E-state index is -4.70. The second-order valence-electron chi connectivity index (χ2n) is 3.95. The number of halogens is 5. The van der Waals surface area contributed by atoms with Crippen LogP contribution in [0.2, 0.25) is 0 Å². The lowest BCUT2D eigenvalue weighted by molar-refractivity contribution is -0.123. The van der Waals surface area contributed by atoms with Gasteiger partial charge in [-0.1, -0.05) is 0 Å². The second-order valence-corrected chi connectivity index (χ2v) is 5.51. The normalized spacial score (nSPS) is 12.7. The zero-order valence-corrected chi connectivity index (χ0v) is 11.0. The van der Waals surface area contributed by atoms with Crippen LogP contribution in [0.5, 0.6) is 0 Å². The monoisotopic (exact) mass is 335 g/mol. The molecule has 0 bridgehead atoms. The van der Waals surface area contributed by atoms with Crippen LogP contribution in [0, 0.1) is 0 Å². The van der Waals surface area contributed by atoms with Crippen molar-refractivity contribution in [1.82, 2.24) is 9.88 Å². The second kappa shape index (κ2) is 5.97. The molecule has 1 rings (SSSR count). The maximum Gasteiger partial charge on any atom is 0.405 e. The average molecular weight is 335 g/mol. The number of nitrogens with two attached hydrogens (primary N) is 1. The molecule has 0 aliphatic carbocycles. The molecule has 0 aliphatic heterocycles. The van der Waals surface area contributed by atoms with Crippen LogP contribution >= 0.6 is 0 Å². The van der Waals surface area contributed by atoms with Gasteiger partial charge in [-0.15, -0.1) is 0 Å². The highest BCUT2D eigenvalue weighted by Gasteiger charge is 2.29. The zero-order valence-electron chi connectivity index (χ0n) is 10.2. The van der Waals surface area contributed by atoms with E-state index in [9.17, 15) is 35.2 Å². The Morgan fingerprint density at radius 3 is 2.38 bits per heavy atom. The fraction of sp³-hybridized carbons (Fsp3) is 0.444. The summed E-state index contributed by atoms with van der Waals surface area (Å²) in [5.74, 6) is -1.34. The number of carbonyl (C=O) groups excluding carboxylic acids is 1. The van der Waals surface area contributed by atoms with Crippen molar-refractivity contribution >= 4 is 15.9 Å². The first kappa shape index (κ1) is 17.4. The summed E-state index contributed by atoms with van der Waals surface area (Å²) in [6.45, 7) is -2.75. The van der Waals surface area contributed by atoms with Crippen LogP contribution in [0.25, 0.3) is 0 Å². The third kappa shape index (κ3) is 5.30. The number of amides is 1. The van der Waals surface area contributed by atoms with Crippen molar-refractivity contribution in [3.8, 4) is 0 Å². The molecule has 0 aromatic carbocycles. The highest BCUT2D eigenvalue weighted by Crippen LogP contribution is 2.16. The lowest BCUT2D eigenvalue weighted by Gasteiger charge is -2.10. The highest BCUT2D eigenvalue weighted by atomic mass is 32.2. The Balaban J connectivity index is 3.08. The van der Waals surface area contributed by atoms with Gasteiger partial charge >= 0.3 is 6.18 Å². The van der Waals surface area contributed by atoms with E-state index in [0.29, 0.717) is 16.8 Å². The van der Waals surface area contributed by atoms with Gasteiger partial charge in [-0.05, 0) is 6.07 Å². The summed E-state index contributed by atoms with van der Waals surface area (Å²) in [4.78, 5) is 10.9. The molecule has 1 amide bonds. The maximum atomic E-state index is 12.3. The molecule has 21 heavy (non-hydrogen) atoms. The summed E-state index contributed by atoms with van der Waals surface area (Å²) in [6, 6.07) is 0.628. The lowest BCUT2D eigenvalue weighted by atomic mass is 10.4. The third-order valence-electron chi connectivity index (χ3n) is 2.22. The number of primary sulfonamides is 1. The predicted molar refractivity (Wildman–Crippen MR) is 60.2 cm³/mol. The highest BCUT2D eigenvalue weighted by molar-refractivity contribution is 7.89. The molecule has 120 valence electrons. The summed E-state index contributed by atoms with van der Waals surface area (Å²) in [6.07, 6.45) is -6.98. The number of hydrogen-bond donors (Lipinski definition) is 2. The number of rotatable bonds is 5. The summed E-state index contributed by atoms with van der Waals surface area (Å²) in [7, 11) is -4.29. The molecular formula is C9H10F5N3O3S. The van der Waals surface area contributed by atoms with Gasteiger partial charge in [0, 0.05) is 6.20 Å². The number of carbonyl (C=O) groups is 1. The van der Waals surface area contributed by atoms with Gasteiger partial charge < -0.3 is 9.88 Å². The fourth-order valence-electron chi connectivity index (χ4n) is 1.40. The first-order valence-corrected chi connectivity index (χ1v) is 6.81. The Morgan fingerprint density at radius 2 is 1.95 bits per heavy atom. The summed E-state index contributed by atoms with van der Waals surface area (Å²) < 4.78 is 83.3. The predicted octanol–water partition coefficient (Wildman–Crippen LogP) is 0.693. The molecular weight excluding hydrogens is 325 g/mol. The van der Waals surface area contributed by atoms with Crippen molar-refractivity contribution in [2.75, 3.05) is 6.54 Å². The van der Waals surface area contributed by atoms with E-state index in [1.165, 1.54) is 5.32 Å². The van der Waals surface area contributed by atoms with Gasteiger partial charge in [0.05, 0.1) is 6.54 Å². The Morgan fingerprint density at radius 1 is 1.38 bits per heavy atom. The molecule has 1 aromatic rings. The Labute approximate surface area is 115 Å².